The minimum atomic E-state index is 0.133. The summed E-state index contributed by atoms with van der Waals surface area (Å²) in [5.74, 6) is 0.859. The van der Waals surface area contributed by atoms with Crippen LogP contribution in [0.2, 0.25) is 0 Å². The van der Waals surface area contributed by atoms with E-state index >= 15 is 0 Å². The molecule has 20 heavy (non-hydrogen) atoms. The maximum absolute atomic E-state index is 5.02. The van der Waals surface area contributed by atoms with E-state index in [0.717, 1.165) is 12.5 Å². The molecule has 2 nitrogen and oxygen atoms in total. The number of rotatable bonds is 3. The molecule has 1 fully saturated rings. The Labute approximate surface area is 128 Å². The molecule has 0 amide bonds. The third-order valence-electron chi connectivity index (χ3n) is 4.56. The van der Waals surface area contributed by atoms with Gasteiger partial charge in [0.15, 0.2) is 0 Å². The van der Waals surface area contributed by atoms with Crippen LogP contribution in [0, 0.1) is 5.92 Å². The van der Waals surface area contributed by atoms with Gasteiger partial charge in [-0.2, -0.15) is 0 Å². The lowest BCUT2D eigenvalue weighted by molar-refractivity contribution is 0.291. The molecule has 0 aromatic carbocycles. The summed E-state index contributed by atoms with van der Waals surface area (Å²) >= 11 is 1.86. The van der Waals surface area contributed by atoms with Crippen molar-refractivity contribution in [3.8, 4) is 0 Å². The van der Waals surface area contributed by atoms with Gasteiger partial charge in [-0.15, -0.1) is 11.3 Å². The molecule has 1 heterocycles. The number of thiazole rings is 1. The van der Waals surface area contributed by atoms with Gasteiger partial charge in [-0.05, 0) is 31.7 Å². The lowest BCUT2D eigenvalue weighted by Crippen LogP contribution is -2.42. The molecule has 1 N–H and O–H groups in total. The van der Waals surface area contributed by atoms with E-state index in [1.54, 1.807) is 0 Å². The topological polar surface area (TPSA) is 24.9 Å². The Morgan fingerprint density at radius 1 is 1.35 bits per heavy atom. The molecule has 0 saturated heterocycles. The third-order valence-corrected chi connectivity index (χ3v) is 5.61. The SMILES string of the molecule is CCNC1(c2nc(C(C)(C)C)cs2)CCCC(C)CC1. The normalized spacial score (nSPS) is 28.4. The van der Waals surface area contributed by atoms with Crippen molar-refractivity contribution in [2.24, 2.45) is 5.92 Å². The van der Waals surface area contributed by atoms with Crippen LogP contribution < -0.4 is 5.32 Å². The van der Waals surface area contributed by atoms with Crippen LogP contribution in [0.4, 0.5) is 0 Å². The number of aromatic nitrogens is 1. The zero-order valence-corrected chi connectivity index (χ0v) is 14.6. The maximum atomic E-state index is 5.02. The highest BCUT2D eigenvalue weighted by molar-refractivity contribution is 7.09. The average molecular weight is 295 g/mol. The van der Waals surface area contributed by atoms with Gasteiger partial charge in [0.25, 0.3) is 0 Å². The Morgan fingerprint density at radius 2 is 2.10 bits per heavy atom. The molecular weight excluding hydrogens is 264 g/mol. The zero-order chi connectivity index (χ0) is 14.8. The summed E-state index contributed by atoms with van der Waals surface area (Å²) in [5, 5.41) is 7.37. The first-order valence-corrected chi connectivity index (χ1v) is 8.97. The van der Waals surface area contributed by atoms with Gasteiger partial charge in [-0.25, -0.2) is 4.98 Å². The number of nitrogens with one attached hydrogen (secondary N) is 1. The largest absolute Gasteiger partial charge is 0.306 e. The lowest BCUT2D eigenvalue weighted by atomic mass is 9.89. The summed E-state index contributed by atoms with van der Waals surface area (Å²) in [5.41, 5.74) is 1.53. The Bertz CT molecular complexity index is 432. The molecule has 0 aliphatic heterocycles. The van der Waals surface area contributed by atoms with Gasteiger partial charge in [0, 0.05) is 10.8 Å². The quantitative estimate of drug-likeness (QED) is 0.806. The van der Waals surface area contributed by atoms with E-state index in [-0.39, 0.29) is 11.0 Å². The molecule has 0 spiro atoms. The predicted octanol–water partition coefficient (Wildman–Crippen LogP) is 4.85. The molecule has 114 valence electrons. The Kier molecular flexibility index (Phi) is 4.91. The van der Waals surface area contributed by atoms with Gasteiger partial charge < -0.3 is 5.32 Å². The molecular formula is C17H30N2S. The summed E-state index contributed by atoms with van der Waals surface area (Å²) in [6, 6.07) is 0. The molecule has 1 aromatic rings. The van der Waals surface area contributed by atoms with E-state index in [0.29, 0.717) is 0 Å². The van der Waals surface area contributed by atoms with E-state index in [9.17, 15) is 0 Å². The minimum absolute atomic E-state index is 0.133. The molecule has 3 heteroatoms. The van der Waals surface area contributed by atoms with Crippen molar-refractivity contribution >= 4 is 11.3 Å². The summed E-state index contributed by atoms with van der Waals surface area (Å²) in [6.45, 7) is 12.4. The fraction of sp³-hybridized carbons (Fsp3) is 0.824. The molecule has 2 atom stereocenters. The van der Waals surface area contributed by atoms with Crippen molar-refractivity contribution < 1.29 is 0 Å². The van der Waals surface area contributed by atoms with E-state index in [2.05, 4.69) is 45.3 Å². The monoisotopic (exact) mass is 294 g/mol. The van der Waals surface area contributed by atoms with Crippen LogP contribution in [-0.4, -0.2) is 11.5 Å². The fourth-order valence-electron chi connectivity index (χ4n) is 3.16. The number of hydrogen-bond donors (Lipinski definition) is 1. The highest BCUT2D eigenvalue weighted by atomic mass is 32.1. The third kappa shape index (κ3) is 3.43. The van der Waals surface area contributed by atoms with Crippen molar-refractivity contribution in [3.63, 3.8) is 0 Å². The van der Waals surface area contributed by atoms with Crippen molar-refractivity contribution in [1.29, 1.82) is 0 Å². The second kappa shape index (κ2) is 6.15. The van der Waals surface area contributed by atoms with Crippen molar-refractivity contribution in [1.82, 2.24) is 10.3 Å². The number of hydrogen-bond acceptors (Lipinski definition) is 3. The molecule has 1 aliphatic carbocycles. The van der Waals surface area contributed by atoms with E-state index in [1.165, 1.54) is 42.8 Å². The van der Waals surface area contributed by atoms with E-state index in [1.807, 2.05) is 11.3 Å². The van der Waals surface area contributed by atoms with Crippen LogP contribution in [0.5, 0.6) is 0 Å². The Balaban J connectivity index is 2.30. The average Bonchev–Trinajstić information content (AvgIpc) is 2.79. The van der Waals surface area contributed by atoms with Gasteiger partial charge in [0.05, 0.1) is 11.2 Å². The van der Waals surface area contributed by atoms with Gasteiger partial charge in [-0.1, -0.05) is 47.5 Å². The summed E-state index contributed by atoms with van der Waals surface area (Å²) < 4.78 is 0. The molecule has 0 radical (unpaired) electrons. The van der Waals surface area contributed by atoms with Crippen LogP contribution in [0.3, 0.4) is 0 Å². The van der Waals surface area contributed by atoms with Crippen molar-refractivity contribution in [2.75, 3.05) is 6.54 Å². The van der Waals surface area contributed by atoms with Crippen LogP contribution in [0.1, 0.15) is 77.4 Å². The Hall–Kier alpha value is -0.410. The lowest BCUT2D eigenvalue weighted by Gasteiger charge is -2.32. The summed E-state index contributed by atoms with van der Waals surface area (Å²) in [7, 11) is 0. The molecule has 0 bridgehead atoms. The fourth-order valence-corrected chi connectivity index (χ4v) is 4.44. The van der Waals surface area contributed by atoms with E-state index < -0.39 is 0 Å². The van der Waals surface area contributed by atoms with Crippen LogP contribution in [0.15, 0.2) is 5.38 Å². The molecule has 1 aromatic heterocycles. The smallest absolute Gasteiger partial charge is 0.113 e. The van der Waals surface area contributed by atoms with Crippen LogP contribution in [-0.2, 0) is 11.0 Å². The van der Waals surface area contributed by atoms with Gasteiger partial charge in [-0.3, -0.25) is 0 Å². The first kappa shape index (κ1) is 16.0. The second-order valence-electron chi connectivity index (χ2n) is 7.44. The first-order valence-electron chi connectivity index (χ1n) is 8.09. The zero-order valence-electron chi connectivity index (χ0n) is 13.8. The Morgan fingerprint density at radius 3 is 2.70 bits per heavy atom. The summed E-state index contributed by atoms with van der Waals surface area (Å²) in [6.07, 6.45) is 6.47. The predicted molar refractivity (Wildman–Crippen MR) is 88.4 cm³/mol. The first-order chi connectivity index (χ1) is 9.37. The highest BCUT2D eigenvalue weighted by Crippen LogP contribution is 2.40. The minimum Gasteiger partial charge on any atom is -0.306 e. The molecule has 1 aliphatic rings. The number of nitrogens with zero attached hydrogens (tertiary/aromatic N) is 1. The second-order valence-corrected chi connectivity index (χ2v) is 8.29. The highest BCUT2D eigenvalue weighted by Gasteiger charge is 2.36. The van der Waals surface area contributed by atoms with Gasteiger partial charge in [0.1, 0.15) is 5.01 Å². The molecule has 1 saturated carbocycles. The van der Waals surface area contributed by atoms with Gasteiger partial charge in [0.2, 0.25) is 0 Å². The van der Waals surface area contributed by atoms with Crippen LogP contribution >= 0.6 is 11.3 Å². The van der Waals surface area contributed by atoms with Gasteiger partial charge >= 0.3 is 0 Å². The maximum Gasteiger partial charge on any atom is 0.113 e. The standard InChI is InChI=1S/C17H30N2S/c1-6-18-17(10-7-8-13(2)9-11-17)15-19-14(12-20-15)16(3,4)5/h12-13,18H,6-11H2,1-5H3. The van der Waals surface area contributed by atoms with Crippen molar-refractivity contribution in [2.45, 2.75) is 77.7 Å². The van der Waals surface area contributed by atoms with Crippen LogP contribution in [0.25, 0.3) is 0 Å². The molecule has 2 unspecified atom stereocenters. The van der Waals surface area contributed by atoms with Crippen molar-refractivity contribution in [3.05, 3.63) is 16.1 Å². The summed E-state index contributed by atoms with van der Waals surface area (Å²) in [4.78, 5) is 5.02. The van der Waals surface area contributed by atoms with E-state index in [4.69, 9.17) is 4.98 Å². The molecule has 2 rings (SSSR count).